The van der Waals surface area contributed by atoms with Crippen LogP contribution in [-0.4, -0.2) is 24.4 Å². The largest absolute Gasteiger partial charge is 0.493 e. The Hall–Kier alpha value is -1.06. The number of ether oxygens (including phenoxy) is 1. The van der Waals surface area contributed by atoms with E-state index >= 15 is 0 Å². The molecule has 1 aromatic carbocycles. The number of nitrogens with one attached hydrogen (secondary N) is 1. The monoisotopic (exact) mass is 261 g/mol. The van der Waals surface area contributed by atoms with Crippen molar-refractivity contribution in [3.63, 3.8) is 0 Å². The molecule has 1 saturated carbocycles. The fraction of sp³-hybridized carbons (Fsp3) is 0.625. The first-order chi connectivity index (χ1) is 9.34. The molecule has 1 fully saturated rings. The summed E-state index contributed by atoms with van der Waals surface area (Å²) in [5.41, 5.74) is 1.27. The minimum atomic E-state index is -0.107. The lowest BCUT2D eigenvalue weighted by atomic mass is 10.00. The molecule has 1 heterocycles. The van der Waals surface area contributed by atoms with Gasteiger partial charge in [-0.15, -0.1) is 0 Å². The maximum absolute atomic E-state index is 9.90. The summed E-state index contributed by atoms with van der Waals surface area (Å²) in [6.07, 6.45) is 5.37. The Labute approximate surface area is 115 Å². The van der Waals surface area contributed by atoms with Gasteiger partial charge in [0.05, 0.1) is 12.7 Å². The lowest BCUT2D eigenvalue weighted by Crippen LogP contribution is -2.30. The minimum absolute atomic E-state index is 0.107. The second-order valence-electron chi connectivity index (χ2n) is 5.75. The molecule has 0 saturated heterocycles. The summed E-state index contributed by atoms with van der Waals surface area (Å²) in [6.45, 7) is 1.72. The van der Waals surface area contributed by atoms with Crippen molar-refractivity contribution in [3.8, 4) is 5.75 Å². The molecule has 0 aromatic heterocycles. The van der Waals surface area contributed by atoms with E-state index in [2.05, 4.69) is 23.5 Å². The molecule has 104 valence electrons. The summed E-state index contributed by atoms with van der Waals surface area (Å²) in [6, 6.07) is 8.68. The first-order valence-electron chi connectivity index (χ1n) is 7.48. The molecule has 1 aliphatic heterocycles. The van der Waals surface area contributed by atoms with E-state index in [4.69, 9.17) is 4.74 Å². The number of rotatable bonds is 3. The first-order valence-corrected chi connectivity index (χ1v) is 7.48. The number of aliphatic hydroxyl groups excluding tert-OH is 1. The van der Waals surface area contributed by atoms with Crippen LogP contribution in [-0.2, 0) is 0 Å². The number of hydrogen-bond donors (Lipinski definition) is 2. The second-order valence-corrected chi connectivity index (χ2v) is 5.75. The lowest BCUT2D eigenvalue weighted by Gasteiger charge is -2.22. The number of para-hydroxylation sites is 1. The number of hydrogen-bond acceptors (Lipinski definition) is 3. The Bertz CT molecular complexity index is 421. The molecule has 3 rings (SSSR count). The Morgan fingerprint density at radius 3 is 2.89 bits per heavy atom. The molecule has 0 bridgehead atoms. The molecule has 1 aliphatic carbocycles. The standard InChI is InChI=1S/C16H23NO2/c18-15-8-3-5-12(15)11-17-14-7-4-10-19-16-9-2-1-6-13(14)16/h1-2,6,9,12,14-15,17-18H,3-5,7-8,10-11H2. The van der Waals surface area contributed by atoms with Crippen molar-refractivity contribution in [1.82, 2.24) is 5.32 Å². The highest BCUT2D eigenvalue weighted by Gasteiger charge is 2.26. The fourth-order valence-corrected chi connectivity index (χ4v) is 3.29. The van der Waals surface area contributed by atoms with Crippen LogP contribution in [0.1, 0.15) is 43.7 Å². The summed E-state index contributed by atoms with van der Waals surface area (Å²) in [5, 5.41) is 13.6. The van der Waals surface area contributed by atoms with Crippen LogP contribution in [0.25, 0.3) is 0 Å². The van der Waals surface area contributed by atoms with Crippen LogP contribution in [0.3, 0.4) is 0 Å². The molecule has 3 atom stereocenters. The molecule has 0 radical (unpaired) electrons. The molecule has 3 nitrogen and oxygen atoms in total. The van der Waals surface area contributed by atoms with Gasteiger partial charge >= 0.3 is 0 Å². The summed E-state index contributed by atoms with van der Waals surface area (Å²) in [4.78, 5) is 0. The summed E-state index contributed by atoms with van der Waals surface area (Å²) in [7, 11) is 0. The van der Waals surface area contributed by atoms with Gasteiger partial charge in [-0.3, -0.25) is 0 Å². The normalized spacial score (nSPS) is 30.5. The summed E-state index contributed by atoms with van der Waals surface area (Å²) >= 11 is 0. The predicted molar refractivity (Wildman–Crippen MR) is 75.3 cm³/mol. The van der Waals surface area contributed by atoms with Crippen molar-refractivity contribution in [1.29, 1.82) is 0 Å². The zero-order chi connectivity index (χ0) is 13.1. The maximum atomic E-state index is 9.90. The topological polar surface area (TPSA) is 41.5 Å². The van der Waals surface area contributed by atoms with Gasteiger partial charge in [0.25, 0.3) is 0 Å². The van der Waals surface area contributed by atoms with Crippen molar-refractivity contribution in [2.24, 2.45) is 5.92 Å². The third-order valence-electron chi connectivity index (χ3n) is 4.43. The van der Waals surface area contributed by atoms with Gasteiger partial charge in [-0.2, -0.15) is 0 Å². The molecular weight excluding hydrogens is 238 g/mol. The third kappa shape index (κ3) is 2.93. The van der Waals surface area contributed by atoms with Crippen LogP contribution in [0.15, 0.2) is 24.3 Å². The average Bonchev–Trinajstić information content (AvgIpc) is 2.73. The zero-order valence-corrected chi connectivity index (χ0v) is 11.3. The maximum Gasteiger partial charge on any atom is 0.124 e. The molecule has 1 aromatic rings. The molecular formula is C16H23NO2. The summed E-state index contributed by atoms with van der Waals surface area (Å²) in [5.74, 6) is 1.45. The van der Waals surface area contributed by atoms with Crippen molar-refractivity contribution >= 4 is 0 Å². The van der Waals surface area contributed by atoms with Gasteiger partial charge in [0.15, 0.2) is 0 Å². The van der Waals surface area contributed by atoms with E-state index in [9.17, 15) is 5.11 Å². The first kappa shape index (κ1) is 12.9. The van der Waals surface area contributed by atoms with Gasteiger partial charge in [-0.05, 0) is 37.7 Å². The molecule has 2 aliphatic rings. The Morgan fingerprint density at radius 2 is 2.05 bits per heavy atom. The van der Waals surface area contributed by atoms with Crippen LogP contribution in [0.2, 0.25) is 0 Å². The van der Waals surface area contributed by atoms with Crippen molar-refractivity contribution in [3.05, 3.63) is 29.8 Å². The average molecular weight is 261 g/mol. The molecule has 3 heteroatoms. The van der Waals surface area contributed by atoms with Crippen molar-refractivity contribution < 1.29 is 9.84 Å². The highest BCUT2D eigenvalue weighted by Crippen LogP contribution is 2.32. The number of benzene rings is 1. The molecule has 3 unspecified atom stereocenters. The molecule has 19 heavy (non-hydrogen) atoms. The van der Waals surface area contributed by atoms with Gasteiger partial charge < -0.3 is 15.2 Å². The van der Waals surface area contributed by atoms with Gasteiger partial charge in [0.1, 0.15) is 5.75 Å². The fourth-order valence-electron chi connectivity index (χ4n) is 3.29. The van der Waals surface area contributed by atoms with Crippen LogP contribution >= 0.6 is 0 Å². The van der Waals surface area contributed by atoms with E-state index in [1.165, 1.54) is 5.56 Å². The third-order valence-corrected chi connectivity index (χ3v) is 4.43. The Balaban J connectivity index is 1.67. The zero-order valence-electron chi connectivity index (χ0n) is 11.3. The smallest absolute Gasteiger partial charge is 0.124 e. The summed E-state index contributed by atoms with van der Waals surface area (Å²) < 4.78 is 5.78. The van der Waals surface area contributed by atoms with E-state index < -0.39 is 0 Å². The van der Waals surface area contributed by atoms with Crippen LogP contribution in [0.5, 0.6) is 5.75 Å². The van der Waals surface area contributed by atoms with E-state index in [0.717, 1.165) is 51.0 Å². The molecule has 2 N–H and O–H groups in total. The van der Waals surface area contributed by atoms with E-state index in [1.54, 1.807) is 0 Å². The van der Waals surface area contributed by atoms with Gasteiger partial charge in [0.2, 0.25) is 0 Å². The van der Waals surface area contributed by atoms with Crippen LogP contribution in [0, 0.1) is 5.92 Å². The van der Waals surface area contributed by atoms with Gasteiger partial charge in [-0.25, -0.2) is 0 Å². The van der Waals surface area contributed by atoms with Crippen LogP contribution < -0.4 is 10.1 Å². The highest BCUT2D eigenvalue weighted by atomic mass is 16.5. The Kier molecular flexibility index (Phi) is 4.04. The van der Waals surface area contributed by atoms with E-state index in [1.807, 2.05) is 6.07 Å². The minimum Gasteiger partial charge on any atom is -0.493 e. The van der Waals surface area contributed by atoms with E-state index in [0.29, 0.717) is 12.0 Å². The van der Waals surface area contributed by atoms with Crippen molar-refractivity contribution in [2.45, 2.75) is 44.2 Å². The predicted octanol–water partition coefficient (Wildman–Crippen LogP) is 2.65. The van der Waals surface area contributed by atoms with Crippen LogP contribution in [0.4, 0.5) is 0 Å². The molecule has 0 spiro atoms. The highest BCUT2D eigenvalue weighted by molar-refractivity contribution is 5.36. The van der Waals surface area contributed by atoms with Gasteiger partial charge in [0, 0.05) is 18.2 Å². The van der Waals surface area contributed by atoms with Crippen molar-refractivity contribution in [2.75, 3.05) is 13.2 Å². The van der Waals surface area contributed by atoms with E-state index in [-0.39, 0.29) is 6.10 Å². The lowest BCUT2D eigenvalue weighted by molar-refractivity contribution is 0.129. The second kappa shape index (κ2) is 5.93. The SMILES string of the molecule is OC1CCCC1CNC1CCCOc2ccccc21. The Morgan fingerprint density at radius 1 is 1.16 bits per heavy atom. The number of fused-ring (bicyclic) bond motifs is 1. The number of aliphatic hydroxyl groups is 1. The van der Waals surface area contributed by atoms with Gasteiger partial charge in [-0.1, -0.05) is 24.6 Å². The molecule has 0 amide bonds. The quantitative estimate of drug-likeness (QED) is 0.879.